The van der Waals surface area contributed by atoms with Crippen LogP contribution in [0.25, 0.3) is 11.4 Å². The van der Waals surface area contributed by atoms with E-state index in [4.69, 9.17) is 10.5 Å². The summed E-state index contributed by atoms with van der Waals surface area (Å²) < 4.78 is 30.3. The van der Waals surface area contributed by atoms with Crippen LogP contribution in [0.3, 0.4) is 0 Å². The molecule has 1 aliphatic carbocycles. The minimum absolute atomic E-state index is 0.0287. The van der Waals surface area contributed by atoms with Crippen LogP contribution in [0.1, 0.15) is 35.1 Å². The first kappa shape index (κ1) is 23.7. The molecule has 0 bridgehead atoms. The number of carbonyl (C=O) groups is 2. The maximum Gasteiger partial charge on any atom is 0.273 e. The van der Waals surface area contributed by atoms with Gasteiger partial charge in [-0.05, 0) is 31.0 Å². The second kappa shape index (κ2) is 8.55. The number of para-hydroxylation sites is 1. The molecule has 0 spiro atoms. The molecule has 1 saturated heterocycles. The molecule has 3 aromatic rings. The Bertz CT molecular complexity index is 1470. The van der Waals surface area contributed by atoms with Crippen molar-refractivity contribution in [2.45, 2.75) is 24.3 Å². The van der Waals surface area contributed by atoms with Crippen molar-refractivity contribution in [3.8, 4) is 17.1 Å². The normalized spacial score (nSPS) is 17.6. The van der Waals surface area contributed by atoms with Crippen molar-refractivity contribution >= 4 is 33.0 Å². The fourth-order valence-corrected chi connectivity index (χ4v) is 5.58. The number of ether oxygens (including phenoxy) is 1. The summed E-state index contributed by atoms with van der Waals surface area (Å²) in [6, 6.07) is 6.62. The highest BCUT2D eigenvalue weighted by Crippen LogP contribution is 2.48. The van der Waals surface area contributed by atoms with Crippen LogP contribution in [-0.4, -0.2) is 70.9 Å². The molecule has 4 N–H and O–H groups in total. The molecule has 3 heterocycles. The highest BCUT2D eigenvalue weighted by Gasteiger charge is 2.52. The van der Waals surface area contributed by atoms with Crippen LogP contribution in [0.5, 0.6) is 5.75 Å². The Morgan fingerprint density at radius 3 is 2.56 bits per heavy atom. The maximum absolute atomic E-state index is 12.5. The number of carbonyl (C=O) groups excluding carboxylic acids is 2. The maximum atomic E-state index is 12.5. The molecule has 1 saturated carbocycles. The Labute approximate surface area is 206 Å². The number of rotatable bonds is 8. The molecule has 36 heavy (non-hydrogen) atoms. The van der Waals surface area contributed by atoms with Crippen molar-refractivity contribution in [2.75, 3.05) is 31.0 Å². The summed E-state index contributed by atoms with van der Waals surface area (Å²) >= 11 is 0. The van der Waals surface area contributed by atoms with E-state index >= 15 is 0 Å². The Morgan fingerprint density at radius 1 is 1.19 bits per heavy atom. The van der Waals surface area contributed by atoms with Gasteiger partial charge in [0.25, 0.3) is 5.91 Å². The third kappa shape index (κ3) is 4.02. The van der Waals surface area contributed by atoms with Gasteiger partial charge < -0.3 is 21.1 Å². The van der Waals surface area contributed by atoms with Gasteiger partial charge in [-0.15, -0.1) is 5.10 Å². The lowest BCUT2D eigenvalue weighted by atomic mass is 10.0. The average Bonchev–Trinajstić information content (AvgIpc) is 3.52. The number of primary amides is 1. The third-order valence-corrected chi connectivity index (χ3v) is 8.24. The Balaban J connectivity index is 1.51. The van der Waals surface area contributed by atoms with Gasteiger partial charge in [0.05, 0.1) is 52.7 Å². The Morgan fingerprint density at radius 2 is 1.94 bits per heavy atom. The van der Waals surface area contributed by atoms with Crippen LogP contribution >= 0.6 is 0 Å². The SMILES string of the molecule is CNC(=O)c1nnc(C2(C(N)=O)CC2)cc1Nc1cccc(-c2ncn(C3CS(=O)(=O)C3)n2)c1OC. The highest BCUT2D eigenvalue weighted by atomic mass is 32.2. The van der Waals surface area contributed by atoms with Gasteiger partial charge in [0.15, 0.2) is 27.1 Å². The molecule has 2 amide bonds. The summed E-state index contributed by atoms with van der Waals surface area (Å²) in [7, 11) is -0.0487. The second-order valence-corrected chi connectivity index (χ2v) is 11.0. The minimum atomic E-state index is -3.01. The van der Waals surface area contributed by atoms with Gasteiger partial charge >= 0.3 is 0 Å². The van der Waals surface area contributed by atoms with Crippen LogP contribution in [0.2, 0.25) is 0 Å². The lowest BCUT2D eigenvalue weighted by molar-refractivity contribution is -0.120. The first-order chi connectivity index (χ1) is 17.2. The smallest absolute Gasteiger partial charge is 0.273 e. The first-order valence-electron chi connectivity index (χ1n) is 11.1. The number of anilines is 2. The molecule has 0 radical (unpaired) electrons. The van der Waals surface area contributed by atoms with E-state index in [1.165, 1.54) is 25.2 Å². The van der Waals surface area contributed by atoms with Crippen LogP contribution in [0.15, 0.2) is 30.6 Å². The minimum Gasteiger partial charge on any atom is -0.494 e. The van der Waals surface area contributed by atoms with Gasteiger partial charge in [-0.2, -0.15) is 10.2 Å². The van der Waals surface area contributed by atoms with E-state index in [0.29, 0.717) is 47.0 Å². The number of hydrogen-bond acceptors (Lipinski definition) is 10. The zero-order chi connectivity index (χ0) is 25.7. The van der Waals surface area contributed by atoms with Crippen molar-refractivity contribution in [1.29, 1.82) is 0 Å². The molecule has 0 unspecified atom stereocenters. The van der Waals surface area contributed by atoms with E-state index in [1.807, 2.05) is 0 Å². The lowest BCUT2D eigenvalue weighted by Gasteiger charge is -2.25. The van der Waals surface area contributed by atoms with Crippen LogP contribution in [0, 0.1) is 0 Å². The van der Waals surface area contributed by atoms with Crippen molar-refractivity contribution in [3.05, 3.63) is 42.0 Å². The number of sulfone groups is 1. The summed E-state index contributed by atoms with van der Waals surface area (Å²) in [6.45, 7) is 0. The summed E-state index contributed by atoms with van der Waals surface area (Å²) in [6.07, 6.45) is 2.62. The summed E-state index contributed by atoms with van der Waals surface area (Å²) in [5.74, 6) is -0.149. The molecule has 2 aliphatic rings. The molecule has 1 aliphatic heterocycles. The van der Waals surface area contributed by atoms with E-state index in [0.717, 1.165) is 0 Å². The molecule has 1 aromatic carbocycles. The van der Waals surface area contributed by atoms with Crippen LogP contribution in [-0.2, 0) is 20.0 Å². The first-order valence-corrected chi connectivity index (χ1v) is 13.0. The largest absolute Gasteiger partial charge is 0.494 e. The number of nitrogens with zero attached hydrogens (tertiary/aromatic N) is 5. The van der Waals surface area contributed by atoms with Gasteiger partial charge in [0.2, 0.25) is 5.91 Å². The van der Waals surface area contributed by atoms with Crippen LogP contribution < -0.4 is 21.1 Å². The van der Waals surface area contributed by atoms with Gasteiger partial charge in [-0.25, -0.2) is 18.1 Å². The molecule has 13 nitrogen and oxygen atoms in total. The van der Waals surface area contributed by atoms with E-state index in [2.05, 4.69) is 30.9 Å². The van der Waals surface area contributed by atoms with Crippen molar-refractivity contribution in [2.24, 2.45) is 5.73 Å². The number of amides is 2. The van der Waals surface area contributed by atoms with Crippen molar-refractivity contribution in [3.63, 3.8) is 0 Å². The zero-order valence-corrected chi connectivity index (χ0v) is 20.4. The van der Waals surface area contributed by atoms with Gasteiger partial charge in [-0.3, -0.25) is 9.59 Å². The molecule has 2 fully saturated rings. The summed E-state index contributed by atoms with van der Waals surface area (Å²) in [5, 5.41) is 18.3. The fraction of sp³-hybridized carbons (Fsp3) is 0.364. The number of hydrogen-bond donors (Lipinski definition) is 3. The topological polar surface area (TPSA) is 184 Å². The summed E-state index contributed by atoms with van der Waals surface area (Å²) in [5.41, 5.74) is 6.50. The second-order valence-electron chi connectivity index (χ2n) is 8.81. The van der Waals surface area contributed by atoms with Gasteiger partial charge in [-0.1, -0.05) is 6.07 Å². The number of benzene rings is 1. The molecule has 5 rings (SSSR count). The van der Waals surface area contributed by atoms with Gasteiger partial charge in [0, 0.05) is 7.05 Å². The molecular weight excluding hydrogens is 488 g/mol. The number of nitrogens with one attached hydrogen (secondary N) is 2. The molecule has 2 aromatic heterocycles. The fourth-order valence-electron chi connectivity index (χ4n) is 4.20. The van der Waals surface area contributed by atoms with Gasteiger partial charge in [0.1, 0.15) is 6.33 Å². The van der Waals surface area contributed by atoms with E-state index < -0.39 is 27.1 Å². The number of nitrogens with two attached hydrogens (primary N) is 1. The Hall–Kier alpha value is -4.07. The lowest BCUT2D eigenvalue weighted by Crippen LogP contribution is -2.38. The predicted octanol–water partition coefficient (Wildman–Crippen LogP) is 0.333. The standard InChI is InChI=1S/C22H24N8O5S/c1-24-20(31)17-15(8-16(27-28-17)22(6-7-22)21(23)32)26-14-5-3-4-13(18(14)35-2)19-25-11-30(29-19)12-9-36(33,34)10-12/h3-5,8,11-12H,6-7,9-10H2,1-2H3,(H2,23,32)(H,24,31)(H,26,27). The van der Waals surface area contributed by atoms with Crippen LogP contribution in [0.4, 0.5) is 11.4 Å². The van der Waals surface area contributed by atoms with Crippen molar-refractivity contribution in [1.82, 2.24) is 30.3 Å². The summed E-state index contributed by atoms with van der Waals surface area (Å²) in [4.78, 5) is 28.8. The van der Waals surface area contributed by atoms with Crippen molar-refractivity contribution < 1.29 is 22.7 Å². The molecule has 188 valence electrons. The van der Waals surface area contributed by atoms with E-state index in [9.17, 15) is 18.0 Å². The predicted molar refractivity (Wildman–Crippen MR) is 129 cm³/mol. The number of aromatic nitrogens is 5. The Kier molecular flexibility index (Phi) is 5.62. The molecular formula is C22H24N8O5S. The highest BCUT2D eigenvalue weighted by molar-refractivity contribution is 7.92. The van der Waals surface area contributed by atoms with E-state index in [-0.39, 0.29) is 23.2 Å². The van der Waals surface area contributed by atoms with E-state index in [1.54, 1.807) is 24.3 Å². The quantitative estimate of drug-likeness (QED) is 0.380. The molecule has 14 heteroatoms. The molecule has 0 atom stereocenters. The monoisotopic (exact) mass is 512 g/mol. The average molecular weight is 513 g/mol. The zero-order valence-electron chi connectivity index (χ0n) is 19.6. The number of methoxy groups -OCH3 is 1. The third-order valence-electron chi connectivity index (χ3n) is 6.45.